The Balaban J connectivity index is 2.09. The van der Waals surface area contributed by atoms with Crippen molar-refractivity contribution < 1.29 is 4.74 Å². The van der Waals surface area contributed by atoms with Gasteiger partial charge < -0.3 is 15.0 Å². The van der Waals surface area contributed by atoms with Gasteiger partial charge in [0.2, 0.25) is 0 Å². The Morgan fingerprint density at radius 1 is 1.35 bits per heavy atom. The maximum atomic E-state index is 5.19. The summed E-state index contributed by atoms with van der Waals surface area (Å²) in [5.74, 6) is 1.08. The molecule has 0 unspecified atom stereocenters. The third-order valence-corrected chi connectivity index (χ3v) is 3.73. The Morgan fingerprint density at radius 3 is 2.75 bits per heavy atom. The minimum absolute atomic E-state index is 0.738. The second-order valence-corrected chi connectivity index (χ2v) is 5.41. The Kier molecular flexibility index (Phi) is 5.80. The van der Waals surface area contributed by atoms with Gasteiger partial charge in [0.15, 0.2) is 0 Å². The second kappa shape index (κ2) is 7.60. The van der Waals surface area contributed by atoms with E-state index in [9.17, 15) is 0 Å². The summed E-state index contributed by atoms with van der Waals surface area (Å²) in [5.41, 5.74) is 2.51. The predicted octanol–water partition coefficient (Wildman–Crippen LogP) is 2.37. The molecule has 4 nitrogen and oxygen atoms in total. The number of likely N-dealkylation sites (N-methyl/N-ethyl adjacent to an activating group) is 1. The van der Waals surface area contributed by atoms with E-state index >= 15 is 0 Å². The van der Waals surface area contributed by atoms with Crippen LogP contribution in [-0.2, 0) is 17.7 Å². The quantitative estimate of drug-likeness (QED) is 0.752. The number of aryl methyl sites for hydroxylation is 1. The van der Waals surface area contributed by atoms with Crippen molar-refractivity contribution in [2.24, 2.45) is 0 Å². The molecule has 1 aliphatic rings. The lowest BCUT2D eigenvalue weighted by atomic mass is 10.2. The molecule has 1 aliphatic carbocycles. The van der Waals surface area contributed by atoms with Gasteiger partial charge in [-0.05, 0) is 43.9 Å². The van der Waals surface area contributed by atoms with Crippen LogP contribution in [-0.4, -0.2) is 37.8 Å². The van der Waals surface area contributed by atoms with Gasteiger partial charge >= 0.3 is 0 Å². The molecule has 1 aromatic heterocycles. The van der Waals surface area contributed by atoms with E-state index in [4.69, 9.17) is 9.72 Å². The zero-order valence-corrected chi connectivity index (χ0v) is 13.0. The van der Waals surface area contributed by atoms with E-state index in [0.29, 0.717) is 0 Å². The van der Waals surface area contributed by atoms with Gasteiger partial charge in [-0.2, -0.15) is 0 Å². The number of pyridine rings is 1. The normalized spacial score (nSPS) is 14.6. The van der Waals surface area contributed by atoms with E-state index in [1.54, 1.807) is 7.11 Å². The van der Waals surface area contributed by atoms with Gasteiger partial charge in [0.1, 0.15) is 5.82 Å². The van der Waals surface area contributed by atoms with Gasteiger partial charge in [0.25, 0.3) is 0 Å². The Bertz CT molecular complexity index is 418. The molecule has 1 heterocycles. The maximum absolute atomic E-state index is 5.19. The zero-order chi connectivity index (χ0) is 14.4. The maximum Gasteiger partial charge on any atom is 0.129 e. The van der Waals surface area contributed by atoms with E-state index in [2.05, 4.69) is 36.2 Å². The van der Waals surface area contributed by atoms with Crippen molar-refractivity contribution in [1.29, 1.82) is 0 Å². The summed E-state index contributed by atoms with van der Waals surface area (Å²) in [6.45, 7) is 7.87. The van der Waals surface area contributed by atoms with Crippen LogP contribution in [0.4, 0.5) is 5.82 Å². The van der Waals surface area contributed by atoms with E-state index in [0.717, 1.165) is 44.5 Å². The van der Waals surface area contributed by atoms with E-state index in [1.165, 1.54) is 24.1 Å². The number of nitrogens with one attached hydrogen (secondary N) is 1. The average Bonchev–Trinajstić information content (AvgIpc) is 3.30. The first-order valence-corrected chi connectivity index (χ1v) is 7.73. The molecule has 0 spiro atoms. The van der Waals surface area contributed by atoms with E-state index < -0.39 is 0 Å². The molecular weight excluding hydrogens is 250 g/mol. The minimum Gasteiger partial charge on any atom is -0.383 e. The fourth-order valence-electron chi connectivity index (χ4n) is 2.26. The Labute approximate surface area is 122 Å². The number of methoxy groups -OCH3 is 1. The van der Waals surface area contributed by atoms with Crippen molar-refractivity contribution in [3.05, 3.63) is 23.4 Å². The molecule has 0 aromatic carbocycles. The molecule has 2 rings (SSSR count). The van der Waals surface area contributed by atoms with Crippen molar-refractivity contribution in [2.45, 2.75) is 45.7 Å². The molecule has 20 heavy (non-hydrogen) atoms. The fraction of sp³-hybridized carbons (Fsp3) is 0.688. The van der Waals surface area contributed by atoms with Gasteiger partial charge in [-0.3, -0.25) is 0 Å². The topological polar surface area (TPSA) is 37.4 Å². The predicted molar refractivity (Wildman–Crippen MR) is 83.2 cm³/mol. The molecule has 0 atom stereocenters. The molecule has 112 valence electrons. The van der Waals surface area contributed by atoms with Crippen molar-refractivity contribution in [1.82, 2.24) is 10.3 Å². The molecule has 1 aromatic rings. The Morgan fingerprint density at radius 2 is 2.15 bits per heavy atom. The summed E-state index contributed by atoms with van der Waals surface area (Å²) < 4.78 is 5.19. The molecule has 0 radical (unpaired) electrons. The SMILES string of the molecule is CCc1cc(CNC2CC2)cc(N(CC)CCOC)n1. The number of anilines is 1. The molecule has 0 aliphatic heterocycles. The highest BCUT2D eigenvalue weighted by molar-refractivity contribution is 5.42. The second-order valence-electron chi connectivity index (χ2n) is 5.41. The highest BCUT2D eigenvalue weighted by Gasteiger charge is 2.20. The average molecular weight is 277 g/mol. The first kappa shape index (κ1) is 15.3. The van der Waals surface area contributed by atoms with Crippen molar-refractivity contribution in [2.75, 3.05) is 31.7 Å². The number of hydrogen-bond acceptors (Lipinski definition) is 4. The smallest absolute Gasteiger partial charge is 0.129 e. The van der Waals surface area contributed by atoms with E-state index in [-0.39, 0.29) is 0 Å². The van der Waals surface area contributed by atoms with Crippen molar-refractivity contribution in [3.63, 3.8) is 0 Å². The molecule has 1 N–H and O–H groups in total. The lowest BCUT2D eigenvalue weighted by Gasteiger charge is -2.23. The standard InChI is InChI=1S/C16H27N3O/c1-4-14-10-13(12-17-15-6-7-15)11-16(18-14)19(5-2)8-9-20-3/h10-11,15,17H,4-9,12H2,1-3H3. The molecular formula is C16H27N3O. The molecule has 1 saturated carbocycles. The van der Waals surface area contributed by atoms with Crippen LogP contribution in [0.5, 0.6) is 0 Å². The van der Waals surface area contributed by atoms with Crippen LogP contribution in [0.25, 0.3) is 0 Å². The van der Waals surface area contributed by atoms with Crippen LogP contribution in [0.3, 0.4) is 0 Å². The number of hydrogen-bond donors (Lipinski definition) is 1. The summed E-state index contributed by atoms with van der Waals surface area (Å²) in [6.07, 6.45) is 3.63. The van der Waals surface area contributed by atoms with Gasteiger partial charge in [0, 0.05) is 38.5 Å². The molecule has 1 fully saturated rings. The van der Waals surface area contributed by atoms with Crippen LogP contribution in [0, 0.1) is 0 Å². The van der Waals surface area contributed by atoms with Crippen LogP contribution < -0.4 is 10.2 Å². The van der Waals surface area contributed by atoms with Gasteiger partial charge in [0.05, 0.1) is 6.61 Å². The molecule has 4 heteroatoms. The monoisotopic (exact) mass is 277 g/mol. The summed E-state index contributed by atoms with van der Waals surface area (Å²) >= 11 is 0. The van der Waals surface area contributed by atoms with Crippen LogP contribution in [0.1, 0.15) is 37.9 Å². The first-order chi connectivity index (χ1) is 9.76. The van der Waals surface area contributed by atoms with Crippen molar-refractivity contribution in [3.8, 4) is 0 Å². The summed E-state index contributed by atoms with van der Waals surface area (Å²) in [4.78, 5) is 7.04. The molecule has 0 bridgehead atoms. The van der Waals surface area contributed by atoms with Crippen LogP contribution in [0.15, 0.2) is 12.1 Å². The number of aromatic nitrogens is 1. The number of ether oxygens (including phenoxy) is 1. The summed E-state index contributed by atoms with van der Waals surface area (Å²) in [6, 6.07) is 5.18. The first-order valence-electron chi connectivity index (χ1n) is 7.73. The minimum atomic E-state index is 0.738. The van der Waals surface area contributed by atoms with Crippen LogP contribution >= 0.6 is 0 Å². The van der Waals surface area contributed by atoms with Gasteiger partial charge in [-0.25, -0.2) is 4.98 Å². The highest BCUT2D eigenvalue weighted by Crippen LogP contribution is 2.21. The largest absolute Gasteiger partial charge is 0.383 e. The third kappa shape index (κ3) is 4.46. The van der Waals surface area contributed by atoms with Crippen LogP contribution in [0.2, 0.25) is 0 Å². The summed E-state index contributed by atoms with van der Waals surface area (Å²) in [7, 11) is 1.74. The third-order valence-electron chi connectivity index (χ3n) is 3.73. The highest BCUT2D eigenvalue weighted by atomic mass is 16.5. The summed E-state index contributed by atoms with van der Waals surface area (Å²) in [5, 5.41) is 3.58. The zero-order valence-electron chi connectivity index (χ0n) is 13.0. The van der Waals surface area contributed by atoms with Crippen molar-refractivity contribution >= 4 is 5.82 Å². The van der Waals surface area contributed by atoms with Gasteiger partial charge in [-0.15, -0.1) is 0 Å². The Hall–Kier alpha value is -1.13. The number of nitrogens with zero attached hydrogens (tertiary/aromatic N) is 2. The number of rotatable bonds is 9. The van der Waals surface area contributed by atoms with Gasteiger partial charge in [-0.1, -0.05) is 6.92 Å². The lowest BCUT2D eigenvalue weighted by Crippen LogP contribution is -2.28. The molecule has 0 saturated heterocycles. The van der Waals surface area contributed by atoms with E-state index in [1.807, 2.05) is 0 Å². The molecule has 0 amide bonds. The fourth-order valence-corrected chi connectivity index (χ4v) is 2.26. The lowest BCUT2D eigenvalue weighted by molar-refractivity contribution is 0.205.